The molecule has 3 heteroatoms. The van der Waals surface area contributed by atoms with E-state index >= 15 is 0 Å². The van der Waals surface area contributed by atoms with Crippen LogP contribution in [0.1, 0.15) is 29.2 Å². The first-order valence-corrected chi connectivity index (χ1v) is 6.09. The quantitative estimate of drug-likeness (QED) is 0.730. The zero-order valence-corrected chi connectivity index (χ0v) is 10.4. The molecule has 1 heterocycles. The van der Waals surface area contributed by atoms with Gasteiger partial charge in [0.2, 0.25) is 0 Å². The molecule has 0 saturated heterocycles. The second-order valence-electron chi connectivity index (χ2n) is 3.95. The van der Waals surface area contributed by atoms with Gasteiger partial charge in [0.25, 0.3) is 0 Å². The third-order valence-electron chi connectivity index (χ3n) is 2.74. The highest BCUT2D eigenvalue weighted by atomic mass is 35.5. The van der Waals surface area contributed by atoms with Gasteiger partial charge < -0.3 is 4.42 Å². The van der Waals surface area contributed by atoms with Crippen LogP contribution in [0.2, 0.25) is 0 Å². The van der Waals surface area contributed by atoms with E-state index in [-0.39, 0.29) is 11.2 Å². The van der Waals surface area contributed by atoms with E-state index in [9.17, 15) is 4.39 Å². The number of hydrogen-bond acceptors (Lipinski definition) is 1. The third-order valence-corrected chi connectivity index (χ3v) is 3.13. The van der Waals surface area contributed by atoms with Gasteiger partial charge in [0.15, 0.2) is 0 Å². The van der Waals surface area contributed by atoms with E-state index in [4.69, 9.17) is 16.0 Å². The summed E-state index contributed by atoms with van der Waals surface area (Å²) in [5, 5.41) is -0.175. The second-order valence-corrected chi connectivity index (χ2v) is 4.48. The Labute approximate surface area is 105 Å². The number of benzene rings is 1. The van der Waals surface area contributed by atoms with Gasteiger partial charge in [-0.15, -0.1) is 11.6 Å². The van der Waals surface area contributed by atoms with Crippen LogP contribution in [0.4, 0.5) is 4.39 Å². The fraction of sp³-hybridized carbons (Fsp3) is 0.286. The van der Waals surface area contributed by atoms with E-state index in [1.54, 1.807) is 12.3 Å². The zero-order valence-electron chi connectivity index (χ0n) is 9.62. The summed E-state index contributed by atoms with van der Waals surface area (Å²) in [4.78, 5) is 0. The number of halogens is 2. The van der Waals surface area contributed by atoms with Crippen LogP contribution in [-0.2, 0) is 12.8 Å². The van der Waals surface area contributed by atoms with Crippen molar-refractivity contribution in [2.24, 2.45) is 0 Å². The lowest BCUT2D eigenvalue weighted by Gasteiger charge is -2.09. The van der Waals surface area contributed by atoms with Gasteiger partial charge in [0, 0.05) is 12.0 Å². The largest absolute Gasteiger partial charge is 0.469 e. The minimum Gasteiger partial charge on any atom is -0.469 e. The number of hydrogen-bond donors (Lipinski definition) is 0. The Hall–Kier alpha value is -1.28. The van der Waals surface area contributed by atoms with Gasteiger partial charge in [0.05, 0.1) is 11.6 Å². The summed E-state index contributed by atoms with van der Waals surface area (Å²) >= 11 is 6.34. The van der Waals surface area contributed by atoms with Crippen LogP contribution in [0, 0.1) is 5.82 Å². The summed E-state index contributed by atoms with van der Waals surface area (Å²) in [7, 11) is 0. The highest BCUT2D eigenvalue weighted by Crippen LogP contribution is 2.29. The molecular weight excluding hydrogens is 239 g/mol. The Bertz CT molecular complexity index is 492. The molecular formula is C14H14ClFO. The topological polar surface area (TPSA) is 13.1 Å². The van der Waals surface area contributed by atoms with Gasteiger partial charge in [-0.25, -0.2) is 4.39 Å². The zero-order chi connectivity index (χ0) is 12.3. The maximum absolute atomic E-state index is 13.0. The Morgan fingerprint density at radius 3 is 2.88 bits per heavy atom. The molecule has 90 valence electrons. The minimum absolute atomic E-state index is 0.175. The molecule has 0 bridgehead atoms. The van der Waals surface area contributed by atoms with Gasteiger partial charge in [0.1, 0.15) is 11.6 Å². The molecule has 0 N–H and O–H groups in total. The molecule has 2 aromatic rings. The van der Waals surface area contributed by atoms with Crippen molar-refractivity contribution in [1.82, 2.24) is 0 Å². The predicted molar refractivity (Wildman–Crippen MR) is 66.8 cm³/mol. The summed E-state index contributed by atoms with van der Waals surface area (Å²) in [6.07, 6.45) is 3.07. The van der Waals surface area contributed by atoms with E-state index < -0.39 is 0 Å². The molecule has 2 rings (SSSR count). The Balaban J connectivity index is 2.14. The molecule has 1 unspecified atom stereocenters. The van der Waals surface area contributed by atoms with E-state index in [0.29, 0.717) is 6.42 Å². The number of aryl methyl sites for hydroxylation is 1. The smallest absolute Gasteiger partial charge is 0.123 e. The van der Waals surface area contributed by atoms with Crippen molar-refractivity contribution in [3.8, 4) is 0 Å². The Morgan fingerprint density at radius 1 is 1.35 bits per heavy atom. The fourth-order valence-corrected chi connectivity index (χ4v) is 2.27. The Kier molecular flexibility index (Phi) is 3.85. The molecule has 0 amide bonds. The molecule has 0 saturated carbocycles. The maximum atomic E-state index is 13.0. The minimum atomic E-state index is -0.228. The van der Waals surface area contributed by atoms with Crippen molar-refractivity contribution in [3.63, 3.8) is 0 Å². The van der Waals surface area contributed by atoms with Gasteiger partial charge in [-0.05, 0) is 30.2 Å². The summed E-state index contributed by atoms with van der Waals surface area (Å²) in [6.45, 7) is 2.02. The van der Waals surface area contributed by atoms with Crippen molar-refractivity contribution in [2.75, 3.05) is 0 Å². The summed E-state index contributed by atoms with van der Waals surface area (Å²) < 4.78 is 18.4. The number of rotatable bonds is 4. The second kappa shape index (κ2) is 5.37. The number of furan rings is 1. The van der Waals surface area contributed by atoms with Crippen LogP contribution >= 0.6 is 11.6 Å². The lowest BCUT2D eigenvalue weighted by Crippen LogP contribution is -1.98. The van der Waals surface area contributed by atoms with Crippen LogP contribution in [0.3, 0.4) is 0 Å². The molecule has 1 nitrogen and oxygen atoms in total. The monoisotopic (exact) mass is 252 g/mol. The van der Waals surface area contributed by atoms with Crippen molar-refractivity contribution >= 4 is 11.6 Å². The van der Waals surface area contributed by atoms with Crippen LogP contribution in [0.25, 0.3) is 0 Å². The van der Waals surface area contributed by atoms with Gasteiger partial charge in [-0.3, -0.25) is 0 Å². The highest BCUT2D eigenvalue weighted by molar-refractivity contribution is 6.21. The molecule has 0 aliphatic heterocycles. The molecule has 0 fully saturated rings. The van der Waals surface area contributed by atoms with Gasteiger partial charge in [-0.2, -0.15) is 0 Å². The first-order chi connectivity index (χ1) is 8.20. The Morgan fingerprint density at radius 2 is 2.18 bits per heavy atom. The molecule has 0 spiro atoms. The van der Waals surface area contributed by atoms with Crippen molar-refractivity contribution in [1.29, 1.82) is 0 Å². The number of alkyl halides is 1. The average molecular weight is 253 g/mol. The van der Waals surface area contributed by atoms with Crippen LogP contribution in [0.15, 0.2) is 41.0 Å². The SMILES string of the molecule is CCc1occc1C(Cl)Cc1cccc(F)c1. The van der Waals surface area contributed by atoms with Gasteiger partial charge >= 0.3 is 0 Å². The van der Waals surface area contributed by atoms with Crippen molar-refractivity contribution in [2.45, 2.75) is 25.1 Å². The van der Waals surface area contributed by atoms with Crippen molar-refractivity contribution in [3.05, 3.63) is 59.3 Å². The van der Waals surface area contributed by atoms with E-state index in [0.717, 1.165) is 23.3 Å². The van der Waals surface area contributed by atoms with Crippen LogP contribution in [-0.4, -0.2) is 0 Å². The molecule has 1 aromatic heterocycles. The predicted octanol–water partition coefficient (Wildman–Crippen LogP) is 4.50. The van der Waals surface area contributed by atoms with E-state index in [1.807, 2.05) is 19.1 Å². The summed E-state index contributed by atoms with van der Waals surface area (Å²) in [5.74, 6) is 0.677. The molecule has 1 aromatic carbocycles. The first-order valence-electron chi connectivity index (χ1n) is 5.65. The first kappa shape index (κ1) is 12.2. The molecule has 0 radical (unpaired) electrons. The standard InChI is InChI=1S/C14H14ClFO/c1-2-14-12(6-7-17-14)13(15)9-10-4-3-5-11(16)8-10/h3-8,13H,2,9H2,1H3. The van der Waals surface area contributed by atoms with Gasteiger partial charge in [-0.1, -0.05) is 19.1 Å². The average Bonchev–Trinajstić information content (AvgIpc) is 2.77. The summed E-state index contributed by atoms with van der Waals surface area (Å²) in [5.41, 5.74) is 1.90. The maximum Gasteiger partial charge on any atom is 0.123 e. The molecule has 0 aliphatic rings. The van der Waals surface area contributed by atoms with E-state index in [1.165, 1.54) is 12.1 Å². The lowest BCUT2D eigenvalue weighted by atomic mass is 10.0. The summed E-state index contributed by atoms with van der Waals surface area (Å²) in [6, 6.07) is 8.41. The molecule has 17 heavy (non-hydrogen) atoms. The van der Waals surface area contributed by atoms with E-state index in [2.05, 4.69) is 0 Å². The van der Waals surface area contributed by atoms with Crippen molar-refractivity contribution < 1.29 is 8.81 Å². The normalized spacial score (nSPS) is 12.6. The molecule has 0 aliphatic carbocycles. The fourth-order valence-electron chi connectivity index (χ4n) is 1.90. The van der Waals surface area contributed by atoms with Crippen LogP contribution < -0.4 is 0 Å². The third kappa shape index (κ3) is 2.89. The molecule has 1 atom stereocenters. The lowest BCUT2D eigenvalue weighted by molar-refractivity contribution is 0.510. The highest BCUT2D eigenvalue weighted by Gasteiger charge is 2.15. The van der Waals surface area contributed by atoms with Crippen LogP contribution in [0.5, 0.6) is 0 Å².